The molecule has 0 spiro atoms. The van der Waals surface area contributed by atoms with E-state index < -0.39 is 30.3 Å². The Balaban J connectivity index is 2.65. The molecule has 0 bridgehead atoms. The number of esters is 2. The quantitative estimate of drug-likeness (QED) is 0.296. The highest BCUT2D eigenvalue weighted by molar-refractivity contribution is 5.69. The van der Waals surface area contributed by atoms with Crippen molar-refractivity contribution in [1.82, 2.24) is 0 Å². The molecule has 30 heavy (non-hydrogen) atoms. The topological polar surface area (TPSA) is 93.1 Å². The molecule has 174 valence electrons. The molecular weight excluding hydrogens is 391 g/mol. The van der Waals surface area contributed by atoms with Gasteiger partial charge in [0.25, 0.3) is 0 Å². The Labute approximate surface area is 179 Å². The number of ether oxygens (including phenoxy) is 2. The van der Waals surface area contributed by atoms with Crippen molar-refractivity contribution in [3.8, 4) is 0 Å². The Morgan fingerprint density at radius 2 is 1.87 bits per heavy atom. The molecule has 1 unspecified atom stereocenters. The fraction of sp³-hybridized carbons (Fsp3) is 0.826. The van der Waals surface area contributed by atoms with Gasteiger partial charge in [0, 0.05) is 25.7 Å². The Bertz CT molecular complexity index is 562. The molecule has 0 saturated heterocycles. The Morgan fingerprint density at radius 1 is 1.17 bits per heavy atom. The number of alkyl halides is 1. The van der Waals surface area contributed by atoms with Gasteiger partial charge in [-0.15, -0.1) is 0 Å². The second-order valence-electron chi connectivity index (χ2n) is 8.23. The van der Waals surface area contributed by atoms with Gasteiger partial charge in [-0.25, -0.2) is 4.39 Å². The predicted octanol–water partition coefficient (Wildman–Crippen LogP) is 4.37. The van der Waals surface area contributed by atoms with E-state index in [1.807, 2.05) is 0 Å². The first-order valence-electron chi connectivity index (χ1n) is 11.3. The van der Waals surface area contributed by atoms with Gasteiger partial charge in [0.15, 0.2) is 0 Å². The molecule has 1 rings (SSSR count). The molecular formula is C23H39FO6. The average Bonchev–Trinajstić information content (AvgIpc) is 2.97. The number of rotatable bonds is 15. The first-order valence-corrected chi connectivity index (χ1v) is 11.3. The Kier molecular flexibility index (Phi) is 12.9. The van der Waals surface area contributed by atoms with Crippen LogP contribution in [-0.4, -0.2) is 47.6 Å². The summed E-state index contributed by atoms with van der Waals surface area (Å²) in [5.41, 5.74) is 0.786. The van der Waals surface area contributed by atoms with Crippen LogP contribution >= 0.6 is 0 Å². The summed E-state index contributed by atoms with van der Waals surface area (Å²) < 4.78 is 24.6. The maximum atomic E-state index is 14.7. The van der Waals surface area contributed by atoms with Gasteiger partial charge >= 0.3 is 11.9 Å². The molecule has 0 aromatic rings. The molecule has 1 aliphatic rings. The number of carbonyl (C=O) groups is 2. The smallest absolute Gasteiger partial charge is 0.307 e. The van der Waals surface area contributed by atoms with Crippen molar-refractivity contribution >= 4 is 11.9 Å². The number of aliphatic hydroxyl groups excluding tert-OH is 2. The fourth-order valence-electron chi connectivity index (χ4n) is 4.03. The minimum absolute atomic E-state index is 0.0247. The van der Waals surface area contributed by atoms with Crippen LogP contribution in [0.4, 0.5) is 4.39 Å². The number of hydrogen-bond acceptors (Lipinski definition) is 6. The lowest BCUT2D eigenvalue weighted by molar-refractivity contribution is -0.140. The van der Waals surface area contributed by atoms with E-state index in [4.69, 9.17) is 4.74 Å². The van der Waals surface area contributed by atoms with Crippen molar-refractivity contribution in [3.63, 3.8) is 0 Å². The Hall–Kier alpha value is -1.47. The first-order chi connectivity index (χ1) is 14.3. The molecule has 6 nitrogen and oxygen atoms in total. The van der Waals surface area contributed by atoms with E-state index >= 15 is 0 Å². The molecule has 1 aliphatic carbocycles. The third kappa shape index (κ3) is 9.56. The molecule has 0 heterocycles. The zero-order valence-electron chi connectivity index (χ0n) is 18.7. The van der Waals surface area contributed by atoms with Gasteiger partial charge in [0.2, 0.25) is 0 Å². The molecule has 4 atom stereocenters. The lowest BCUT2D eigenvalue weighted by Crippen LogP contribution is -2.28. The lowest BCUT2D eigenvalue weighted by atomic mass is 9.88. The summed E-state index contributed by atoms with van der Waals surface area (Å²) in [6.45, 7) is 3.36. The van der Waals surface area contributed by atoms with Crippen LogP contribution in [-0.2, 0) is 19.1 Å². The number of hydrogen-bond donors (Lipinski definition) is 2. The van der Waals surface area contributed by atoms with Gasteiger partial charge in [0.05, 0.1) is 19.3 Å². The van der Waals surface area contributed by atoms with Crippen LogP contribution in [0.5, 0.6) is 0 Å². The van der Waals surface area contributed by atoms with E-state index in [1.54, 1.807) is 0 Å². The summed E-state index contributed by atoms with van der Waals surface area (Å²) in [6.07, 6.45) is 4.34. The van der Waals surface area contributed by atoms with Gasteiger partial charge in [0.1, 0.15) is 11.9 Å². The highest BCUT2D eigenvalue weighted by Crippen LogP contribution is 2.40. The van der Waals surface area contributed by atoms with Crippen LogP contribution in [0.3, 0.4) is 0 Å². The first kappa shape index (κ1) is 26.6. The molecule has 0 aromatic heterocycles. The fourth-order valence-corrected chi connectivity index (χ4v) is 4.03. The van der Waals surface area contributed by atoms with Crippen LogP contribution in [0.1, 0.15) is 90.9 Å². The number of halogens is 1. The third-order valence-electron chi connectivity index (χ3n) is 5.74. The summed E-state index contributed by atoms with van der Waals surface area (Å²) >= 11 is 0. The largest absolute Gasteiger partial charge is 0.469 e. The predicted molar refractivity (Wildman–Crippen MR) is 112 cm³/mol. The van der Waals surface area contributed by atoms with Crippen molar-refractivity contribution in [2.45, 2.75) is 109 Å². The Morgan fingerprint density at radius 3 is 2.50 bits per heavy atom. The second-order valence-corrected chi connectivity index (χ2v) is 8.23. The van der Waals surface area contributed by atoms with Crippen LogP contribution in [0.2, 0.25) is 0 Å². The van der Waals surface area contributed by atoms with Gasteiger partial charge in [-0.05, 0) is 37.7 Å². The van der Waals surface area contributed by atoms with Gasteiger partial charge in [-0.3, -0.25) is 9.59 Å². The van der Waals surface area contributed by atoms with Crippen molar-refractivity contribution in [3.05, 3.63) is 11.3 Å². The molecule has 7 heteroatoms. The number of methoxy groups -OCH3 is 1. The van der Waals surface area contributed by atoms with Crippen LogP contribution in [0, 0.1) is 5.92 Å². The second kappa shape index (κ2) is 14.5. The van der Waals surface area contributed by atoms with Crippen LogP contribution in [0.15, 0.2) is 11.3 Å². The summed E-state index contributed by atoms with van der Waals surface area (Å²) in [5, 5.41) is 20.6. The van der Waals surface area contributed by atoms with Crippen molar-refractivity contribution in [2.24, 2.45) is 5.92 Å². The van der Waals surface area contributed by atoms with Crippen molar-refractivity contribution in [1.29, 1.82) is 0 Å². The van der Waals surface area contributed by atoms with E-state index in [9.17, 15) is 24.2 Å². The molecule has 0 fully saturated rings. The van der Waals surface area contributed by atoms with Crippen LogP contribution < -0.4 is 0 Å². The summed E-state index contributed by atoms with van der Waals surface area (Å²) in [5.74, 6) is -0.683. The van der Waals surface area contributed by atoms with Gasteiger partial charge in [-0.1, -0.05) is 39.0 Å². The maximum Gasteiger partial charge on any atom is 0.307 e. The molecule has 0 amide bonds. The van der Waals surface area contributed by atoms with Gasteiger partial charge in [-0.2, -0.15) is 0 Å². The normalized spacial score (nSPS) is 20.9. The van der Waals surface area contributed by atoms with Crippen LogP contribution in [0.25, 0.3) is 0 Å². The van der Waals surface area contributed by atoms with Crippen molar-refractivity contribution in [2.75, 3.05) is 7.11 Å². The average molecular weight is 431 g/mol. The molecule has 0 aliphatic heterocycles. The molecule has 0 radical (unpaired) electrons. The monoisotopic (exact) mass is 430 g/mol. The highest BCUT2D eigenvalue weighted by atomic mass is 19.1. The number of aliphatic hydroxyl groups is 2. The zero-order valence-corrected chi connectivity index (χ0v) is 18.7. The third-order valence-corrected chi connectivity index (χ3v) is 5.74. The highest BCUT2D eigenvalue weighted by Gasteiger charge is 2.37. The molecule has 0 saturated carbocycles. The zero-order chi connectivity index (χ0) is 22.5. The van der Waals surface area contributed by atoms with Crippen molar-refractivity contribution < 1.29 is 33.7 Å². The minimum Gasteiger partial charge on any atom is -0.469 e. The van der Waals surface area contributed by atoms with E-state index in [-0.39, 0.29) is 18.8 Å². The van der Waals surface area contributed by atoms with E-state index in [2.05, 4.69) is 11.7 Å². The van der Waals surface area contributed by atoms with E-state index in [1.165, 1.54) is 14.0 Å². The maximum absolute atomic E-state index is 14.7. The lowest BCUT2D eigenvalue weighted by Gasteiger charge is -2.23. The van der Waals surface area contributed by atoms with E-state index in [0.29, 0.717) is 25.0 Å². The van der Waals surface area contributed by atoms with E-state index in [0.717, 1.165) is 50.5 Å². The number of carbonyl (C=O) groups excluding carboxylic acids is 2. The molecule has 2 N–H and O–H groups in total. The standard InChI is InChI=1S/C23H39FO6/c1-4-5-8-12-20(26)19(24)14-18-17(22(15-21(18)27)30-16(2)25)11-9-6-7-10-13-23(28)29-3/h18-21,26-27H,4-15H2,1-3H3/t18-,19?,20+,21-/m1/s1. The summed E-state index contributed by atoms with van der Waals surface area (Å²) in [4.78, 5) is 22.6. The summed E-state index contributed by atoms with van der Waals surface area (Å²) in [6, 6.07) is 0. The number of unbranched alkanes of at least 4 members (excludes halogenated alkanes) is 5. The minimum atomic E-state index is -1.42. The summed E-state index contributed by atoms with van der Waals surface area (Å²) in [7, 11) is 1.37. The molecule has 0 aromatic carbocycles. The SMILES string of the molecule is CCCCC[C@H](O)C(F)C[C@@H]1C(CCCCCCC(=O)OC)=C(OC(C)=O)C[C@H]1O. The van der Waals surface area contributed by atoms with Gasteiger partial charge < -0.3 is 19.7 Å².